The van der Waals surface area contributed by atoms with E-state index in [2.05, 4.69) is 10.3 Å². The lowest BCUT2D eigenvalue weighted by Gasteiger charge is -2.14. The maximum atomic E-state index is 12.5. The summed E-state index contributed by atoms with van der Waals surface area (Å²) in [6.07, 6.45) is 0.663. The van der Waals surface area contributed by atoms with Crippen LogP contribution in [0.3, 0.4) is 0 Å². The van der Waals surface area contributed by atoms with Crippen molar-refractivity contribution < 1.29 is 14.3 Å². The molecule has 0 spiro atoms. The van der Waals surface area contributed by atoms with Crippen molar-refractivity contribution in [2.45, 2.75) is 23.8 Å². The van der Waals surface area contributed by atoms with Gasteiger partial charge in [-0.25, -0.2) is 4.98 Å². The van der Waals surface area contributed by atoms with Gasteiger partial charge in [0, 0.05) is 13.6 Å². The molecule has 158 valence electrons. The molecule has 0 radical (unpaired) electrons. The van der Waals surface area contributed by atoms with Gasteiger partial charge in [0.25, 0.3) is 5.56 Å². The van der Waals surface area contributed by atoms with Gasteiger partial charge >= 0.3 is 0 Å². The lowest BCUT2D eigenvalue weighted by Crippen LogP contribution is -2.33. The van der Waals surface area contributed by atoms with E-state index in [1.807, 2.05) is 30.3 Å². The number of para-hydroxylation sites is 1. The molecule has 0 saturated carbocycles. The van der Waals surface area contributed by atoms with E-state index in [1.165, 1.54) is 16.3 Å². The van der Waals surface area contributed by atoms with Crippen LogP contribution in [-0.4, -0.2) is 41.5 Å². The quantitative estimate of drug-likeness (QED) is 0.440. The molecule has 1 atom stereocenters. The van der Waals surface area contributed by atoms with Crippen molar-refractivity contribution in [1.29, 1.82) is 0 Å². The number of aromatic nitrogens is 2. The highest BCUT2D eigenvalue weighted by atomic mass is 32.2. The van der Waals surface area contributed by atoms with Gasteiger partial charge in [0.05, 0.1) is 30.4 Å². The molecular formula is C22H25N3O4S. The number of carbonyl (C=O) groups excluding carboxylic acids is 1. The molecule has 1 amide bonds. The van der Waals surface area contributed by atoms with Crippen molar-refractivity contribution in [1.82, 2.24) is 14.9 Å². The molecule has 2 aromatic carbocycles. The summed E-state index contributed by atoms with van der Waals surface area (Å²) in [6, 6.07) is 12.9. The predicted octanol–water partition coefficient (Wildman–Crippen LogP) is 2.79. The normalized spacial score (nSPS) is 11.9. The van der Waals surface area contributed by atoms with E-state index in [0.717, 1.165) is 5.56 Å². The van der Waals surface area contributed by atoms with E-state index in [0.29, 0.717) is 40.5 Å². The third-order valence-corrected chi connectivity index (χ3v) is 5.90. The molecule has 0 unspecified atom stereocenters. The van der Waals surface area contributed by atoms with E-state index < -0.39 is 5.25 Å². The van der Waals surface area contributed by atoms with Gasteiger partial charge in [0.2, 0.25) is 5.91 Å². The molecule has 1 N–H and O–H groups in total. The van der Waals surface area contributed by atoms with Crippen LogP contribution in [0.2, 0.25) is 0 Å². The molecule has 1 heterocycles. The standard InChI is InChI=1S/C22H25N3O4S/c1-14(30-22-24-17-8-6-5-7-16(17)21(27)25(22)2)20(26)23-12-11-15-9-10-18(28-3)19(13-15)29-4/h5-10,13-14H,11-12H2,1-4H3,(H,23,26)/t14-/m1/s1. The smallest absolute Gasteiger partial charge is 0.261 e. The Morgan fingerprint density at radius 3 is 2.63 bits per heavy atom. The molecule has 3 aromatic rings. The highest BCUT2D eigenvalue weighted by Gasteiger charge is 2.18. The predicted molar refractivity (Wildman–Crippen MR) is 119 cm³/mol. The minimum atomic E-state index is -0.394. The van der Waals surface area contributed by atoms with Gasteiger partial charge in [-0.15, -0.1) is 0 Å². The van der Waals surface area contributed by atoms with E-state index in [9.17, 15) is 9.59 Å². The molecule has 0 saturated heterocycles. The number of hydrogen-bond acceptors (Lipinski definition) is 6. The Morgan fingerprint density at radius 1 is 1.17 bits per heavy atom. The average molecular weight is 428 g/mol. The number of ether oxygens (including phenoxy) is 2. The second-order valence-electron chi connectivity index (χ2n) is 6.77. The molecule has 0 fully saturated rings. The lowest BCUT2D eigenvalue weighted by atomic mass is 10.1. The summed E-state index contributed by atoms with van der Waals surface area (Å²) in [5.41, 5.74) is 1.54. The van der Waals surface area contributed by atoms with Gasteiger partial charge < -0.3 is 14.8 Å². The molecule has 0 aliphatic heterocycles. The third-order valence-electron chi connectivity index (χ3n) is 4.75. The summed E-state index contributed by atoms with van der Waals surface area (Å²) >= 11 is 1.27. The zero-order valence-corrected chi connectivity index (χ0v) is 18.3. The molecule has 8 heteroatoms. The third kappa shape index (κ3) is 4.76. The van der Waals surface area contributed by atoms with E-state index in [1.54, 1.807) is 40.3 Å². The second kappa shape index (κ2) is 9.67. The molecular weight excluding hydrogens is 402 g/mol. The minimum Gasteiger partial charge on any atom is -0.493 e. The molecule has 0 aliphatic carbocycles. The molecule has 7 nitrogen and oxygen atoms in total. The zero-order valence-electron chi connectivity index (χ0n) is 17.5. The number of fused-ring (bicyclic) bond motifs is 1. The summed E-state index contributed by atoms with van der Waals surface area (Å²) in [5, 5.41) is 3.63. The van der Waals surface area contributed by atoms with Crippen LogP contribution in [0.25, 0.3) is 10.9 Å². The first-order chi connectivity index (χ1) is 14.4. The van der Waals surface area contributed by atoms with Gasteiger partial charge in [-0.05, 0) is 43.2 Å². The first kappa shape index (κ1) is 21.7. The van der Waals surface area contributed by atoms with Gasteiger partial charge in [0.15, 0.2) is 16.7 Å². The second-order valence-corrected chi connectivity index (χ2v) is 8.07. The van der Waals surface area contributed by atoms with Crippen molar-refractivity contribution in [3.8, 4) is 11.5 Å². The van der Waals surface area contributed by atoms with Gasteiger partial charge in [0.1, 0.15) is 0 Å². The maximum Gasteiger partial charge on any atom is 0.261 e. The Hall–Kier alpha value is -3.00. The number of methoxy groups -OCH3 is 2. The maximum absolute atomic E-state index is 12.5. The van der Waals surface area contributed by atoms with Crippen molar-refractivity contribution >= 4 is 28.6 Å². The summed E-state index contributed by atoms with van der Waals surface area (Å²) in [4.78, 5) is 29.6. The summed E-state index contributed by atoms with van der Waals surface area (Å²) in [6.45, 7) is 2.29. The van der Waals surface area contributed by atoms with Crippen LogP contribution in [0.5, 0.6) is 11.5 Å². The lowest BCUT2D eigenvalue weighted by molar-refractivity contribution is -0.120. The van der Waals surface area contributed by atoms with Gasteiger partial charge in [-0.1, -0.05) is 30.0 Å². The number of rotatable bonds is 8. The number of nitrogens with zero attached hydrogens (tertiary/aromatic N) is 2. The van der Waals surface area contributed by atoms with E-state index in [4.69, 9.17) is 9.47 Å². The highest BCUT2D eigenvalue weighted by molar-refractivity contribution is 8.00. The fourth-order valence-corrected chi connectivity index (χ4v) is 3.92. The Labute approximate surface area is 179 Å². The molecule has 0 bridgehead atoms. The van der Waals surface area contributed by atoms with Crippen molar-refractivity contribution in [3.63, 3.8) is 0 Å². The van der Waals surface area contributed by atoms with Crippen LogP contribution in [0, 0.1) is 0 Å². The Balaban J connectivity index is 1.61. The number of thioether (sulfide) groups is 1. The van der Waals surface area contributed by atoms with Crippen LogP contribution < -0.4 is 20.3 Å². The number of benzene rings is 2. The Bertz CT molecular complexity index is 1110. The number of carbonyl (C=O) groups is 1. The number of nitrogens with one attached hydrogen (secondary N) is 1. The number of hydrogen-bond donors (Lipinski definition) is 1. The topological polar surface area (TPSA) is 82.5 Å². The summed E-state index contributed by atoms with van der Waals surface area (Å²) < 4.78 is 12.0. The van der Waals surface area contributed by atoms with Crippen LogP contribution in [0.15, 0.2) is 52.4 Å². The molecule has 0 aliphatic rings. The van der Waals surface area contributed by atoms with Crippen LogP contribution in [-0.2, 0) is 18.3 Å². The van der Waals surface area contributed by atoms with Crippen LogP contribution >= 0.6 is 11.8 Å². The van der Waals surface area contributed by atoms with Crippen molar-refractivity contribution in [2.75, 3.05) is 20.8 Å². The van der Waals surface area contributed by atoms with Gasteiger partial charge in [-0.2, -0.15) is 0 Å². The Kier molecular flexibility index (Phi) is 6.99. The fourth-order valence-electron chi connectivity index (χ4n) is 3.02. The first-order valence-electron chi connectivity index (χ1n) is 9.55. The largest absolute Gasteiger partial charge is 0.493 e. The molecule has 30 heavy (non-hydrogen) atoms. The average Bonchev–Trinajstić information content (AvgIpc) is 2.77. The number of amides is 1. The fraction of sp³-hybridized carbons (Fsp3) is 0.318. The zero-order chi connectivity index (χ0) is 21.7. The molecule has 3 rings (SSSR count). The summed E-state index contributed by atoms with van der Waals surface area (Å²) in [7, 11) is 4.86. The van der Waals surface area contributed by atoms with Crippen LogP contribution in [0.4, 0.5) is 0 Å². The van der Waals surface area contributed by atoms with Crippen molar-refractivity contribution in [3.05, 3.63) is 58.4 Å². The van der Waals surface area contributed by atoms with Gasteiger partial charge in [-0.3, -0.25) is 14.2 Å². The SMILES string of the molecule is COc1ccc(CCNC(=O)[C@@H](C)Sc2nc3ccccc3c(=O)n2C)cc1OC. The van der Waals surface area contributed by atoms with Crippen LogP contribution in [0.1, 0.15) is 12.5 Å². The monoisotopic (exact) mass is 427 g/mol. The molecule has 1 aromatic heterocycles. The van der Waals surface area contributed by atoms with E-state index >= 15 is 0 Å². The highest BCUT2D eigenvalue weighted by Crippen LogP contribution is 2.27. The minimum absolute atomic E-state index is 0.108. The first-order valence-corrected chi connectivity index (χ1v) is 10.4. The Morgan fingerprint density at radius 2 is 1.90 bits per heavy atom. The van der Waals surface area contributed by atoms with Crippen molar-refractivity contribution in [2.24, 2.45) is 7.05 Å². The summed E-state index contributed by atoms with van der Waals surface area (Å²) in [5.74, 6) is 1.22. The van der Waals surface area contributed by atoms with E-state index in [-0.39, 0.29) is 11.5 Å².